The van der Waals surface area contributed by atoms with Gasteiger partial charge >= 0.3 is 0 Å². The minimum absolute atomic E-state index is 0.0776. The van der Waals surface area contributed by atoms with Gasteiger partial charge in [-0.1, -0.05) is 6.07 Å². The van der Waals surface area contributed by atoms with Crippen molar-refractivity contribution in [2.24, 2.45) is 5.73 Å². The van der Waals surface area contributed by atoms with Crippen molar-refractivity contribution in [2.45, 2.75) is 26.3 Å². The Kier molecular flexibility index (Phi) is 6.11. The maximum Gasteiger partial charge on any atom is 0.262 e. The van der Waals surface area contributed by atoms with Crippen molar-refractivity contribution in [2.75, 3.05) is 20.8 Å². The van der Waals surface area contributed by atoms with Crippen LogP contribution in [0, 0.1) is 6.92 Å². The number of nitrogens with two attached hydrogens (primary N) is 1. The van der Waals surface area contributed by atoms with Gasteiger partial charge in [-0.15, -0.1) is 11.3 Å². The molecular weight excluding hydrogens is 378 g/mol. The number of hydrogen-bond acceptors (Lipinski definition) is 6. The van der Waals surface area contributed by atoms with Crippen molar-refractivity contribution in [3.05, 3.63) is 45.3 Å². The Labute approximate surface area is 166 Å². The molecule has 0 saturated heterocycles. The molecule has 7 nitrogen and oxygen atoms in total. The van der Waals surface area contributed by atoms with Gasteiger partial charge in [-0.3, -0.25) is 14.2 Å². The van der Waals surface area contributed by atoms with Gasteiger partial charge in [0.05, 0.1) is 19.1 Å². The van der Waals surface area contributed by atoms with Crippen LogP contribution in [0.25, 0.3) is 21.3 Å². The van der Waals surface area contributed by atoms with Gasteiger partial charge in [-0.05, 0) is 30.2 Å². The number of aromatic nitrogens is 2. The molecule has 0 atom stereocenters. The Morgan fingerprint density at radius 3 is 2.75 bits per heavy atom. The molecule has 2 heterocycles. The molecule has 2 N–H and O–H groups in total. The van der Waals surface area contributed by atoms with Crippen LogP contribution in [0.4, 0.5) is 0 Å². The molecule has 1 amide bonds. The van der Waals surface area contributed by atoms with E-state index in [1.807, 2.05) is 30.5 Å². The number of primary amides is 1. The van der Waals surface area contributed by atoms with Gasteiger partial charge in [0.15, 0.2) is 0 Å². The normalized spacial score (nSPS) is 11.1. The summed E-state index contributed by atoms with van der Waals surface area (Å²) >= 11 is 1.43. The van der Waals surface area contributed by atoms with Gasteiger partial charge in [0.25, 0.3) is 5.56 Å². The van der Waals surface area contributed by atoms with E-state index in [2.05, 4.69) is 4.98 Å². The minimum atomic E-state index is -0.457. The highest BCUT2D eigenvalue weighted by molar-refractivity contribution is 7.17. The van der Waals surface area contributed by atoms with Gasteiger partial charge in [-0.25, -0.2) is 4.98 Å². The summed E-state index contributed by atoms with van der Waals surface area (Å²) in [6.07, 6.45) is 0.559. The lowest BCUT2D eigenvalue weighted by molar-refractivity contribution is -0.118. The molecule has 0 aliphatic rings. The third kappa shape index (κ3) is 3.93. The summed E-state index contributed by atoms with van der Waals surface area (Å²) in [6.45, 7) is 2.60. The predicted molar refractivity (Wildman–Crippen MR) is 110 cm³/mol. The van der Waals surface area contributed by atoms with Crippen LogP contribution in [0.5, 0.6) is 5.75 Å². The summed E-state index contributed by atoms with van der Waals surface area (Å²) in [7, 11) is 3.23. The zero-order chi connectivity index (χ0) is 20.3. The van der Waals surface area contributed by atoms with Gasteiger partial charge in [0.2, 0.25) is 5.91 Å². The fraction of sp³-hybridized carbons (Fsp3) is 0.350. The lowest BCUT2D eigenvalue weighted by Gasteiger charge is -2.12. The molecule has 2 aromatic heterocycles. The third-order valence-electron chi connectivity index (χ3n) is 4.59. The zero-order valence-electron chi connectivity index (χ0n) is 16.2. The first-order chi connectivity index (χ1) is 13.5. The van der Waals surface area contributed by atoms with E-state index in [-0.39, 0.29) is 18.5 Å². The predicted octanol–water partition coefficient (Wildman–Crippen LogP) is 2.51. The number of methoxy groups -OCH3 is 2. The van der Waals surface area contributed by atoms with Crippen LogP contribution in [0.3, 0.4) is 0 Å². The number of benzene rings is 1. The molecule has 0 bridgehead atoms. The van der Waals surface area contributed by atoms with Gasteiger partial charge in [0, 0.05) is 37.4 Å². The molecule has 0 aliphatic carbocycles. The summed E-state index contributed by atoms with van der Waals surface area (Å²) < 4.78 is 12.0. The van der Waals surface area contributed by atoms with E-state index in [4.69, 9.17) is 15.2 Å². The molecule has 3 aromatic rings. The molecule has 1 aromatic carbocycles. The average molecular weight is 401 g/mol. The lowest BCUT2D eigenvalue weighted by atomic mass is 10.0. The van der Waals surface area contributed by atoms with Crippen LogP contribution in [0.15, 0.2) is 28.4 Å². The molecule has 148 valence electrons. The van der Waals surface area contributed by atoms with Gasteiger partial charge < -0.3 is 15.2 Å². The Morgan fingerprint density at radius 2 is 2.11 bits per heavy atom. The first kappa shape index (κ1) is 20.0. The number of thiophene rings is 1. The van der Waals surface area contributed by atoms with Crippen molar-refractivity contribution in [1.29, 1.82) is 0 Å². The highest BCUT2D eigenvalue weighted by Gasteiger charge is 2.18. The number of nitrogens with zero attached hydrogens (tertiary/aromatic N) is 2. The van der Waals surface area contributed by atoms with E-state index in [0.29, 0.717) is 29.1 Å². The Balaban J connectivity index is 2.16. The van der Waals surface area contributed by atoms with Crippen molar-refractivity contribution in [3.63, 3.8) is 0 Å². The first-order valence-electron chi connectivity index (χ1n) is 8.89. The van der Waals surface area contributed by atoms with E-state index >= 15 is 0 Å². The number of amides is 1. The van der Waals surface area contributed by atoms with Gasteiger partial charge in [-0.2, -0.15) is 0 Å². The molecule has 8 heteroatoms. The SMILES string of the molecule is COCCc1nc2scc(-c3ccc(OC)c(C)c3)c2c(=O)n1CCC(N)=O. The molecule has 0 fully saturated rings. The Hall–Kier alpha value is -2.71. The number of carbonyl (C=O) groups is 1. The van der Waals surface area contributed by atoms with Crippen LogP contribution in [0.1, 0.15) is 17.8 Å². The van der Waals surface area contributed by atoms with Crippen LogP contribution in [-0.4, -0.2) is 36.3 Å². The van der Waals surface area contributed by atoms with Gasteiger partial charge in [0.1, 0.15) is 16.4 Å². The summed E-state index contributed by atoms with van der Waals surface area (Å²) in [5, 5.41) is 2.50. The van der Waals surface area contributed by atoms with E-state index < -0.39 is 5.91 Å². The minimum Gasteiger partial charge on any atom is -0.496 e. The number of carbonyl (C=O) groups excluding carboxylic acids is 1. The maximum atomic E-state index is 13.3. The number of fused-ring (bicyclic) bond motifs is 1. The van der Waals surface area contributed by atoms with E-state index in [0.717, 1.165) is 22.4 Å². The van der Waals surface area contributed by atoms with Crippen LogP contribution < -0.4 is 16.0 Å². The third-order valence-corrected chi connectivity index (χ3v) is 5.46. The molecule has 0 aliphatic heterocycles. The smallest absolute Gasteiger partial charge is 0.262 e. The van der Waals surface area contributed by atoms with Crippen molar-refractivity contribution >= 4 is 27.5 Å². The number of rotatable bonds is 8. The van der Waals surface area contributed by atoms with Crippen molar-refractivity contribution in [1.82, 2.24) is 9.55 Å². The highest BCUT2D eigenvalue weighted by atomic mass is 32.1. The fourth-order valence-electron chi connectivity index (χ4n) is 3.16. The lowest BCUT2D eigenvalue weighted by Crippen LogP contribution is -2.28. The average Bonchev–Trinajstić information content (AvgIpc) is 3.09. The van der Waals surface area contributed by atoms with E-state index in [1.54, 1.807) is 18.8 Å². The summed E-state index contributed by atoms with van der Waals surface area (Å²) in [6, 6.07) is 5.81. The second-order valence-corrected chi connectivity index (χ2v) is 7.32. The Morgan fingerprint density at radius 1 is 1.32 bits per heavy atom. The Bertz CT molecular complexity index is 1070. The first-order valence-corrected chi connectivity index (χ1v) is 9.77. The molecule has 0 spiro atoms. The molecule has 3 rings (SSSR count). The molecule has 0 unspecified atom stereocenters. The largest absolute Gasteiger partial charge is 0.496 e. The standard InChI is InChI=1S/C20H23N3O4S/c1-12-10-13(4-5-15(12)27-3)14-11-28-19-18(14)20(25)23(8-6-16(21)24)17(22-19)7-9-26-2/h4-5,10-11H,6-9H2,1-3H3,(H2,21,24). The molecular formula is C20H23N3O4S. The second-order valence-electron chi connectivity index (χ2n) is 6.46. The van der Waals surface area contributed by atoms with Crippen LogP contribution in [0.2, 0.25) is 0 Å². The van der Waals surface area contributed by atoms with E-state index in [9.17, 15) is 9.59 Å². The van der Waals surface area contributed by atoms with Crippen molar-refractivity contribution < 1.29 is 14.3 Å². The zero-order valence-corrected chi connectivity index (χ0v) is 17.0. The van der Waals surface area contributed by atoms with Crippen LogP contribution in [-0.2, 0) is 22.5 Å². The fourth-order valence-corrected chi connectivity index (χ4v) is 4.12. The van der Waals surface area contributed by atoms with Crippen molar-refractivity contribution in [3.8, 4) is 16.9 Å². The van der Waals surface area contributed by atoms with Crippen LogP contribution >= 0.6 is 11.3 Å². The topological polar surface area (TPSA) is 96.4 Å². The summed E-state index contributed by atoms with van der Waals surface area (Å²) in [5.41, 5.74) is 7.86. The summed E-state index contributed by atoms with van der Waals surface area (Å²) in [4.78, 5) is 29.9. The van der Waals surface area contributed by atoms with E-state index in [1.165, 1.54) is 11.3 Å². The highest BCUT2D eigenvalue weighted by Crippen LogP contribution is 2.33. The number of hydrogen-bond donors (Lipinski definition) is 1. The number of ether oxygens (including phenoxy) is 2. The molecule has 28 heavy (non-hydrogen) atoms. The quantitative estimate of drug-likeness (QED) is 0.626. The monoisotopic (exact) mass is 401 g/mol. The number of aryl methyl sites for hydroxylation is 1. The second kappa shape index (κ2) is 8.53. The molecule has 0 saturated carbocycles. The molecule has 0 radical (unpaired) electrons. The maximum absolute atomic E-state index is 13.3. The summed E-state index contributed by atoms with van der Waals surface area (Å²) in [5.74, 6) is 0.933.